The topological polar surface area (TPSA) is 50.4 Å². The first-order valence-corrected chi connectivity index (χ1v) is 5.99. The Morgan fingerprint density at radius 3 is 2.93 bits per heavy atom. The van der Waals surface area contributed by atoms with Gasteiger partial charge in [-0.1, -0.05) is 0 Å². The predicted octanol–water partition coefficient (Wildman–Crippen LogP) is 0.424. The van der Waals surface area contributed by atoms with Crippen molar-refractivity contribution in [2.24, 2.45) is 0 Å². The molecule has 15 heavy (non-hydrogen) atoms. The summed E-state index contributed by atoms with van der Waals surface area (Å²) in [5.41, 5.74) is 0. The molecule has 2 fully saturated rings. The molecule has 2 atom stereocenters. The summed E-state index contributed by atoms with van der Waals surface area (Å²) in [7, 11) is 0. The lowest BCUT2D eigenvalue weighted by molar-refractivity contribution is -0.130. The number of carbonyl (C=O) groups is 1. The molecule has 0 saturated carbocycles. The number of ether oxygens (including phenoxy) is 1. The van der Waals surface area contributed by atoms with Crippen molar-refractivity contribution < 1.29 is 9.53 Å². The van der Waals surface area contributed by atoms with Crippen molar-refractivity contribution in [1.29, 1.82) is 0 Å². The largest absolute Gasteiger partial charge is 0.368 e. The van der Waals surface area contributed by atoms with Crippen LogP contribution in [0.25, 0.3) is 0 Å². The molecule has 2 aliphatic rings. The van der Waals surface area contributed by atoms with Gasteiger partial charge in [-0.2, -0.15) is 0 Å². The van der Waals surface area contributed by atoms with Crippen LogP contribution in [0.5, 0.6) is 0 Å². The maximum Gasteiger partial charge on any atom is 0.249 e. The highest BCUT2D eigenvalue weighted by molar-refractivity contribution is 5.81. The lowest BCUT2D eigenvalue weighted by Crippen LogP contribution is -2.41. The molecule has 0 aliphatic carbocycles. The first kappa shape index (κ1) is 10.9. The highest BCUT2D eigenvalue weighted by atomic mass is 16.5. The van der Waals surface area contributed by atoms with Crippen molar-refractivity contribution >= 4 is 5.91 Å². The minimum Gasteiger partial charge on any atom is -0.368 e. The second kappa shape index (κ2) is 5.47. The Morgan fingerprint density at radius 2 is 2.13 bits per heavy atom. The molecule has 0 spiro atoms. The van der Waals surface area contributed by atoms with Gasteiger partial charge in [-0.25, -0.2) is 0 Å². The highest BCUT2D eigenvalue weighted by Gasteiger charge is 2.25. The van der Waals surface area contributed by atoms with E-state index in [1.165, 1.54) is 0 Å². The van der Waals surface area contributed by atoms with Gasteiger partial charge in [-0.15, -0.1) is 0 Å². The van der Waals surface area contributed by atoms with Gasteiger partial charge in [-0.05, 0) is 45.2 Å². The third-order valence-corrected chi connectivity index (χ3v) is 3.14. The first-order chi connectivity index (χ1) is 7.36. The Bertz CT molecular complexity index is 207. The maximum absolute atomic E-state index is 11.8. The summed E-state index contributed by atoms with van der Waals surface area (Å²) in [5.74, 6) is 0.0967. The standard InChI is InChI=1S/C11H20N2O2/c14-11(10-4-2-8-15-10)13-9-3-1-6-12-7-5-9/h9-10,12H,1-8H2,(H,13,14)/t9?,10-/m0/s1. The zero-order valence-electron chi connectivity index (χ0n) is 9.13. The normalized spacial score (nSPS) is 32.3. The van der Waals surface area contributed by atoms with Crippen LogP contribution in [-0.2, 0) is 9.53 Å². The summed E-state index contributed by atoms with van der Waals surface area (Å²) in [4.78, 5) is 11.8. The zero-order chi connectivity index (χ0) is 10.5. The van der Waals surface area contributed by atoms with Gasteiger partial charge in [0.25, 0.3) is 0 Å². The maximum atomic E-state index is 11.8. The van der Waals surface area contributed by atoms with Gasteiger partial charge >= 0.3 is 0 Å². The molecule has 0 aromatic carbocycles. The van der Waals surface area contributed by atoms with Crippen LogP contribution >= 0.6 is 0 Å². The Morgan fingerprint density at radius 1 is 1.20 bits per heavy atom. The van der Waals surface area contributed by atoms with Crippen LogP contribution < -0.4 is 10.6 Å². The fourth-order valence-corrected chi connectivity index (χ4v) is 2.24. The Hall–Kier alpha value is -0.610. The smallest absolute Gasteiger partial charge is 0.249 e. The number of nitrogens with one attached hydrogen (secondary N) is 2. The molecule has 0 radical (unpaired) electrons. The Balaban J connectivity index is 1.76. The molecule has 2 rings (SSSR count). The fraction of sp³-hybridized carbons (Fsp3) is 0.909. The van der Waals surface area contributed by atoms with Crippen LogP contribution in [0, 0.1) is 0 Å². The Labute approximate surface area is 90.8 Å². The summed E-state index contributed by atoms with van der Waals surface area (Å²) in [6.45, 7) is 2.83. The number of hydrogen-bond donors (Lipinski definition) is 2. The van der Waals surface area contributed by atoms with E-state index in [9.17, 15) is 4.79 Å². The van der Waals surface area contributed by atoms with Crippen molar-refractivity contribution in [2.45, 2.75) is 44.2 Å². The molecule has 4 nitrogen and oxygen atoms in total. The van der Waals surface area contributed by atoms with Crippen molar-refractivity contribution in [3.8, 4) is 0 Å². The third-order valence-electron chi connectivity index (χ3n) is 3.14. The monoisotopic (exact) mass is 212 g/mol. The molecule has 1 unspecified atom stereocenters. The van der Waals surface area contributed by atoms with Crippen molar-refractivity contribution in [2.75, 3.05) is 19.7 Å². The molecule has 2 aliphatic heterocycles. The van der Waals surface area contributed by atoms with E-state index in [0.717, 1.165) is 51.8 Å². The van der Waals surface area contributed by atoms with E-state index < -0.39 is 0 Å². The van der Waals surface area contributed by atoms with Gasteiger partial charge in [0.1, 0.15) is 6.10 Å². The van der Waals surface area contributed by atoms with E-state index >= 15 is 0 Å². The molecular weight excluding hydrogens is 192 g/mol. The van der Waals surface area contributed by atoms with Crippen molar-refractivity contribution in [3.05, 3.63) is 0 Å². The second-order valence-electron chi connectivity index (χ2n) is 4.39. The third kappa shape index (κ3) is 3.18. The SMILES string of the molecule is O=C(NC1CCCNCC1)[C@@H]1CCCO1. The quantitative estimate of drug-likeness (QED) is 0.697. The molecular formula is C11H20N2O2. The molecule has 2 N–H and O–H groups in total. The number of hydrogen-bond acceptors (Lipinski definition) is 3. The van der Waals surface area contributed by atoms with Crippen LogP contribution in [0.15, 0.2) is 0 Å². The van der Waals surface area contributed by atoms with Crippen LogP contribution in [-0.4, -0.2) is 37.7 Å². The summed E-state index contributed by atoms with van der Waals surface area (Å²) >= 11 is 0. The molecule has 1 amide bonds. The van der Waals surface area contributed by atoms with Crippen LogP contribution in [0.1, 0.15) is 32.1 Å². The minimum atomic E-state index is -0.179. The predicted molar refractivity (Wildman–Crippen MR) is 57.6 cm³/mol. The van der Waals surface area contributed by atoms with Gasteiger partial charge in [0.05, 0.1) is 0 Å². The summed E-state index contributed by atoms with van der Waals surface area (Å²) in [5, 5.41) is 6.43. The number of carbonyl (C=O) groups excluding carboxylic acids is 1. The van der Waals surface area contributed by atoms with E-state index in [4.69, 9.17) is 4.74 Å². The number of amides is 1. The van der Waals surface area contributed by atoms with Crippen LogP contribution in [0.2, 0.25) is 0 Å². The highest BCUT2D eigenvalue weighted by Crippen LogP contribution is 2.13. The van der Waals surface area contributed by atoms with Gasteiger partial charge in [0.2, 0.25) is 5.91 Å². The number of rotatable bonds is 2. The molecule has 86 valence electrons. The summed E-state index contributed by atoms with van der Waals surface area (Å²) < 4.78 is 5.36. The molecule has 4 heteroatoms. The van der Waals surface area contributed by atoms with Crippen molar-refractivity contribution in [3.63, 3.8) is 0 Å². The van der Waals surface area contributed by atoms with E-state index in [2.05, 4.69) is 10.6 Å². The fourth-order valence-electron chi connectivity index (χ4n) is 2.24. The molecule has 0 aromatic rings. The lowest BCUT2D eigenvalue weighted by Gasteiger charge is -2.18. The van der Waals surface area contributed by atoms with E-state index in [1.807, 2.05) is 0 Å². The van der Waals surface area contributed by atoms with Gasteiger partial charge in [0, 0.05) is 12.6 Å². The van der Waals surface area contributed by atoms with Crippen molar-refractivity contribution in [1.82, 2.24) is 10.6 Å². The lowest BCUT2D eigenvalue weighted by atomic mass is 10.1. The summed E-state index contributed by atoms with van der Waals surface area (Å²) in [6, 6.07) is 0.344. The van der Waals surface area contributed by atoms with Gasteiger partial charge in [0.15, 0.2) is 0 Å². The molecule has 2 heterocycles. The average Bonchev–Trinajstić information content (AvgIpc) is 2.65. The first-order valence-electron chi connectivity index (χ1n) is 5.99. The second-order valence-corrected chi connectivity index (χ2v) is 4.39. The van der Waals surface area contributed by atoms with E-state index in [-0.39, 0.29) is 12.0 Å². The van der Waals surface area contributed by atoms with Crippen LogP contribution in [0.3, 0.4) is 0 Å². The van der Waals surface area contributed by atoms with Gasteiger partial charge < -0.3 is 15.4 Å². The summed E-state index contributed by atoms with van der Waals surface area (Å²) in [6.07, 6.45) is 5.00. The van der Waals surface area contributed by atoms with Crippen LogP contribution in [0.4, 0.5) is 0 Å². The molecule has 0 bridgehead atoms. The molecule has 2 saturated heterocycles. The average molecular weight is 212 g/mol. The zero-order valence-corrected chi connectivity index (χ0v) is 9.13. The minimum absolute atomic E-state index is 0.0967. The van der Waals surface area contributed by atoms with E-state index in [1.54, 1.807) is 0 Å². The Kier molecular flexibility index (Phi) is 3.97. The van der Waals surface area contributed by atoms with E-state index in [0.29, 0.717) is 6.04 Å². The molecule has 0 aromatic heterocycles. The van der Waals surface area contributed by atoms with Gasteiger partial charge in [-0.3, -0.25) is 4.79 Å².